The van der Waals surface area contributed by atoms with Gasteiger partial charge in [-0.05, 0) is 31.7 Å². The second kappa shape index (κ2) is 5.03. The summed E-state index contributed by atoms with van der Waals surface area (Å²) in [6, 6.07) is 1.47. The average molecular weight is 267 g/mol. The first-order valence-corrected chi connectivity index (χ1v) is 5.81. The number of rotatable bonds is 4. The van der Waals surface area contributed by atoms with Gasteiger partial charge in [0, 0.05) is 23.7 Å². The number of nitrogens with zero attached hydrogens (tertiary/aromatic N) is 1. The fourth-order valence-electron chi connectivity index (χ4n) is 1.61. The van der Waals surface area contributed by atoms with Gasteiger partial charge in [-0.1, -0.05) is 0 Å². The SMILES string of the molecule is Cc1cc(C(=O)O)c(C)n1CCSC(F)(F)F. The van der Waals surface area contributed by atoms with Crippen molar-refractivity contribution in [3.8, 4) is 0 Å². The quantitative estimate of drug-likeness (QED) is 0.911. The molecule has 17 heavy (non-hydrogen) atoms. The summed E-state index contributed by atoms with van der Waals surface area (Å²) in [6.45, 7) is 3.42. The number of alkyl halides is 3. The van der Waals surface area contributed by atoms with Gasteiger partial charge in [0.15, 0.2) is 0 Å². The van der Waals surface area contributed by atoms with E-state index in [1.165, 1.54) is 6.07 Å². The van der Waals surface area contributed by atoms with E-state index < -0.39 is 11.5 Å². The number of aryl methyl sites for hydroxylation is 1. The van der Waals surface area contributed by atoms with Crippen LogP contribution < -0.4 is 0 Å². The molecule has 0 aromatic carbocycles. The number of thioether (sulfide) groups is 1. The maximum atomic E-state index is 12.0. The normalized spacial score (nSPS) is 11.8. The van der Waals surface area contributed by atoms with Crippen molar-refractivity contribution in [2.45, 2.75) is 25.9 Å². The first-order valence-electron chi connectivity index (χ1n) is 4.83. The molecule has 1 heterocycles. The predicted molar refractivity (Wildman–Crippen MR) is 59.4 cm³/mol. The molecule has 1 rings (SSSR count). The lowest BCUT2D eigenvalue weighted by Gasteiger charge is -2.10. The first kappa shape index (κ1) is 14.0. The first-order chi connectivity index (χ1) is 7.72. The number of aromatic carboxylic acids is 1. The number of halogens is 3. The van der Waals surface area contributed by atoms with Gasteiger partial charge in [0.05, 0.1) is 5.56 Å². The highest BCUT2D eigenvalue weighted by Crippen LogP contribution is 2.30. The summed E-state index contributed by atoms with van der Waals surface area (Å²) < 4.78 is 37.4. The van der Waals surface area contributed by atoms with Crippen LogP contribution in [0.5, 0.6) is 0 Å². The molecule has 1 N–H and O–H groups in total. The average Bonchev–Trinajstić information content (AvgIpc) is 2.43. The van der Waals surface area contributed by atoms with Crippen molar-refractivity contribution >= 4 is 17.7 Å². The van der Waals surface area contributed by atoms with Gasteiger partial charge < -0.3 is 9.67 Å². The Labute approximate surface area is 101 Å². The monoisotopic (exact) mass is 267 g/mol. The molecule has 7 heteroatoms. The Bertz CT molecular complexity index is 426. The van der Waals surface area contributed by atoms with Crippen LogP contribution in [0.15, 0.2) is 6.07 Å². The lowest BCUT2D eigenvalue weighted by molar-refractivity contribution is -0.0328. The number of carbonyl (C=O) groups is 1. The molecule has 0 saturated carbocycles. The summed E-state index contributed by atoms with van der Waals surface area (Å²) in [6.07, 6.45) is 0. The van der Waals surface area contributed by atoms with E-state index in [0.717, 1.165) is 0 Å². The van der Waals surface area contributed by atoms with Gasteiger partial charge in [0.2, 0.25) is 0 Å². The zero-order chi connectivity index (χ0) is 13.2. The lowest BCUT2D eigenvalue weighted by atomic mass is 10.2. The minimum atomic E-state index is -4.25. The van der Waals surface area contributed by atoms with Crippen LogP contribution in [-0.2, 0) is 6.54 Å². The van der Waals surface area contributed by atoms with Gasteiger partial charge in [-0.2, -0.15) is 13.2 Å². The fraction of sp³-hybridized carbons (Fsp3) is 0.500. The summed E-state index contributed by atoms with van der Waals surface area (Å²) in [5.74, 6) is -1.19. The predicted octanol–water partition coefficient (Wildman–Crippen LogP) is 3.06. The van der Waals surface area contributed by atoms with E-state index in [1.54, 1.807) is 18.4 Å². The lowest BCUT2D eigenvalue weighted by Crippen LogP contribution is -2.10. The number of aromatic nitrogens is 1. The van der Waals surface area contributed by atoms with E-state index in [4.69, 9.17) is 5.11 Å². The highest BCUT2D eigenvalue weighted by atomic mass is 32.2. The van der Waals surface area contributed by atoms with Gasteiger partial charge in [0.25, 0.3) is 0 Å². The molecule has 0 atom stereocenters. The fourth-order valence-corrected chi connectivity index (χ4v) is 2.12. The van der Waals surface area contributed by atoms with Crippen molar-refractivity contribution in [1.82, 2.24) is 4.57 Å². The smallest absolute Gasteiger partial charge is 0.441 e. The molecule has 1 aromatic heterocycles. The van der Waals surface area contributed by atoms with Crippen LogP contribution >= 0.6 is 11.8 Å². The molecular formula is C10H12F3NO2S. The molecule has 96 valence electrons. The second-order valence-electron chi connectivity index (χ2n) is 3.54. The van der Waals surface area contributed by atoms with Crippen molar-refractivity contribution in [2.24, 2.45) is 0 Å². The Morgan fingerprint density at radius 2 is 2.06 bits per heavy atom. The third-order valence-corrected chi connectivity index (χ3v) is 3.10. The van der Waals surface area contributed by atoms with Crippen molar-refractivity contribution in [3.63, 3.8) is 0 Å². The van der Waals surface area contributed by atoms with Gasteiger partial charge in [-0.15, -0.1) is 0 Å². The topological polar surface area (TPSA) is 42.2 Å². The molecule has 0 unspecified atom stereocenters. The minimum absolute atomic E-state index is 0.105. The van der Waals surface area contributed by atoms with Crippen LogP contribution in [-0.4, -0.2) is 26.9 Å². The standard InChI is InChI=1S/C10H12F3NO2S/c1-6-5-8(9(15)16)7(2)14(6)3-4-17-10(11,12)13/h5H,3-4H2,1-2H3,(H,15,16). The van der Waals surface area contributed by atoms with Crippen molar-refractivity contribution in [2.75, 3.05) is 5.75 Å². The Kier molecular flexibility index (Phi) is 4.13. The van der Waals surface area contributed by atoms with E-state index in [2.05, 4.69) is 0 Å². The Balaban J connectivity index is 2.75. The molecule has 1 aromatic rings. The van der Waals surface area contributed by atoms with Gasteiger partial charge >= 0.3 is 11.5 Å². The molecule has 0 fully saturated rings. The third-order valence-electron chi connectivity index (χ3n) is 2.38. The molecule has 0 bridgehead atoms. The van der Waals surface area contributed by atoms with E-state index in [1.807, 2.05) is 0 Å². The van der Waals surface area contributed by atoms with Crippen LogP contribution in [0.3, 0.4) is 0 Å². The summed E-state index contributed by atoms with van der Waals surface area (Å²) >= 11 is -0.105. The minimum Gasteiger partial charge on any atom is -0.478 e. The van der Waals surface area contributed by atoms with Crippen molar-refractivity contribution < 1.29 is 23.1 Å². The van der Waals surface area contributed by atoms with E-state index in [9.17, 15) is 18.0 Å². The highest BCUT2D eigenvalue weighted by molar-refractivity contribution is 8.00. The van der Waals surface area contributed by atoms with Crippen LogP contribution in [0.4, 0.5) is 13.2 Å². The van der Waals surface area contributed by atoms with Crippen LogP contribution in [0, 0.1) is 13.8 Å². The number of carboxylic acid groups (broad SMARTS) is 1. The number of hydrogen-bond acceptors (Lipinski definition) is 2. The summed E-state index contributed by atoms with van der Waals surface area (Å²) in [5.41, 5.74) is -2.97. The Morgan fingerprint density at radius 3 is 2.47 bits per heavy atom. The van der Waals surface area contributed by atoms with Crippen LogP contribution in [0.1, 0.15) is 21.7 Å². The molecular weight excluding hydrogens is 255 g/mol. The van der Waals surface area contributed by atoms with Gasteiger partial charge in [0.1, 0.15) is 0 Å². The van der Waals surface area contributed by atoms with Crippen molar-refractivity contribution in [1.29, 1.82) is 0 Å². The second-order valence-corrected chi connectivity index (χ2v) is 4.70. The van der Waals surface area contributed by atoms with Crippen LogP contribution in [0.2, 0.25) is 0 Å². The van der Waals surface area contributed by atoms with E-state index >= 15 is 0 Å². The van der Waals surface area contributed by atoms with Gasteiger partial charge in [-0.3, -0.25) is 0 Å². The summed E-state index contributed by atoms with van der Waals surface area (Å²) in [4.78, 5) is 10.8. The molecule has 3 nitrogen and oxygen atoms in total. The zero-order valence-electron chi connectivity index (χ0n) is 9.34. The maximum absolute atomic E-state index is 12.0. The summed E-state index contributed by atoms with van der Waals surface area (Å²) in [7, 11) is 0. The molecule has 0 aliphatic rings. The van der Waals surface area contributed by atoms with Crippen LogP contribution in [0.25, 0.3) is 0 Å². The van der Waals surface area contributed by atoms with Gasteiger partial charge in [-0.25, -0.2) is 4.79 Å². The molecule has 0 amide bonds. The van der Waals surface area contributed by atoms with E-state index in [-0.39, 0.29) is 29.6 Å². The molecule has 0 radical (unpaired) electrons. The summed E-state index contributed by atoms with van der Waals surface area (Å²) in [5, 5.41) is 8.86. The molecule has 0 spiro atoms. The molecule has 0 aliphatic carbocycles. The maximum Gasteiger partial charge on any atom is 0.441 e. The Morgan fingerprint density at radius 1 is 1.47 bits per heavy atom. The van der Waals surface area contributed by atoms with Crippen molar-refractivity contribution in [3.05, 3.63) is 23.0 Å². The Hall–Kier alpha value is -1.11. The largest absolute Gasteiger partial charge is 0.478 e. The third kappa shape index (κ3) is 3.69. The van der Waals surface area contributed by atoms with E-state index in [0.29, 0.717) is 11.4 Å². The molecule has 0 aliphatic heterocycles. The molecule has 0 saturated heterocycles. The zero-order valence-corrected chi connectivity index (χ0v) is 10.2. The highest BCUT2D eigenvalue weighted by Gasteiger charge is 2.27. The number of carboxylic acids is 1. The number of hydrogen-bond donors (Lipinski definition) is 1.